The van der Waals surface area contributed by atoms with E-state index in [-0.39, 0.29) is 13.2 Å². The van der Waals surface area contributed by atoms with E-state index in [1.165, 1.54) is 0 Å². The third-order valence-corrected chi connectivity index (χ3v) is 5.66. The number of aliphatic hydroxyl groups is 2. The van der Waals surface area contributed by atoms with Gasteiger partial charge in [0.1, 0.15) is 29.8 Å². The van der Waals surface area contributed by atoms with Crippen molar-refractivity contribution in [1.29, 1.82) is 0 Å². The Morgan fingerprint density at radius 1 is 1.13 bits per heavy atom. The number of halogens is 1. The zero-order valence-corrected chi connectivity index (χ0v) is 18.3. The Balaban J connectivity index is 1.27. The number of rotatable bonds is 8. The van der Waals surface area contributed by atoms with Crippen LogP contribution >= 0.6 is 15.9 Å². The van der Waals surface area contributed by atoms with Crippen molar-refractivity contribution >= 4 is 27.1 Å². The summed E-state index contributed by atoms with van der Waals surface area (Å²) >= 11 is 3.41. The molecule has 2 aromatic heterocycles. The highest BCUT2D eigenvalue weighted by Crippen LogP contribution is 2.23. The van der Waals surface area contributed by atoms with E-state index in [0.717, 1.165) is 59.7 Å². The molecule has 0 amide bonds. The molecule has 3 N–H and O–H groups in total. The number of aromatic nitrogens is 3. The summed E-state index contributed by atoms with van der Waals surface area (Å²) < 4.78 is 6.66. The topological polar surface area (TPSA) is 97.7 Å². The number of pyridine rings is 1. The Labute approximate surface area is 183 Å². The van der Waals surface area contributed by atoms with E-state index in [4.69, 9.17) is 9.84 Å². The van der Waals surface area contributed by atoms with E-state index in [9.17, 15) is 5.11 Å². The Kier molecular flexibility index (Phi) is 6.96. The second kappa shape index (κ2) is 9.84. The molecule has 8 nitrogen and oxygen atoms in total. The minimum absolute atomic E-state index is 0.195. The number of benzene rings is 1. The summed E-state index contributed by atoms with van der Waals surface area (Å²) in [6, 6.07) is 9.57. The van der Waals surface area contributed by atoms with Crippen molar-refractivity contribution in [3.05, 3.63) is 41.0 Å². The number of fused-ring (bicyclic) bond motifs is 1. The lowest BCUT2D eigenvalue weighted by molar-refractivity contribution is 0.0428. The molecule has 30 heavy (non-hydrogen) atoms. The van der Waals surface area contributed by atoms with Crippen LogP contribution in [0.15, 0.2) is 41.0 Å². The highest BCUT2D eigenvalue weighted by Gasteiger charge is 2.19. The predicted molar refractivity (Wildman–Crippen MR) is 118 cm³/mol. The van der Waals surface area contributed by atoms with Gasteiger partial charge in [-0.15, -0.1) is 0 Å². The van der Waals surface area contributed by atoms with Crippen molar-refractivity contribution in [3.8, 4) is 17.1 Å². The summed E-state index contributed by atoms with van der Waals surface area (Å²) in [7, 11) is 0. The first-order valence-electron chi connectivity index (χ1n) is 10.1. The van der Waals surface area contributed by atoms with Crippen molar-refractivity contribution in [2.75, 3.05) is 52.5 Å². The summed E-state index contributed by atoms with van der Waals surface area (Å²) in [5, 5.41) is 19.3. The first kappa shape index (κ1) is 21.2. The molecule has 160 valence electrons. The van der Waals surface area contributed by atoms with E-state index in [1.807, 2.05) is 30.3 Å². The summed E-state index contributed by atoms with van der Waals surface area (Å²) in [5.41, 5.74) is 2.49. The molecular weight excluding hydrogens is 450 g/mol. The zero-order valence-electron chi connectivity index (χ0n) is 16.7. The van der Waals surface area contributed by atoms with Crippen molar-refractivity contribution in [3.63, 3.8) is 0 Å². The molecule has 3 aromatic rings. The summed E-state index contributed by atoms with van der Waals surface area (Å²) in [5.74, 6) is 1.46. The third-order valence-electron chi connectivity index (χ3n) is 5.22. The highest BCUT2D eigenvalue weighted by atomic mass is 79.9. The number of ether oxygens (including phenoxy) is 1. The number of nitrogens with zero attached hydrogens (tertiary/aromatic N) is 4. The SMILES string of the molecule is OCCN1CCN(CC(O)COc2ccc(-c3nc4cc(Br)cnc4[nH]3)cc2)CC1. The van der Waals surface area contributed by atoms with Crippen molar-refractivity contribution in [2.45, 2.75) is 6.10 Å². The monoisotopic (exact) mass is 475 g/mol. The van der Waals surface area contributed by atoms with Gasteiger partial charge in [0.15, 0.2) is 5.65 Å². The van der Waals surface area contributed by atoms with Gasteiger partial charge in [-0.1, -0.05) is 0 Å². The Morgan fingerprint density at radius 3 is 2.60 bits per heavy atom. The van der Waals surface area contributed by atoms with Gasteiger partial charge >= 0.3 is 0 Å². The number of imidazole rings is 1. The molecular formula is C21H26BrN5O3. The molecule has 0 radical (unpaired) electrons. The maximum absolute atomic E-state index is 10.3. The van der Waals surface area contributed by atoms with Gasteiger partial charge in [0.2, 0.25) is 0 Å². The molecule has 1 saturated heterocycles. The largest absolute Gasteiger partial charge is 0.491 e. The van der Waals surface area contributed by atoms with E-state index in [0.29, 0.717) is 12.3 Å². The van der Waals surface area contributed by atoms with E-state index in [1.54, 1.807) is 6.20 Å². The second-order valence-electron chi connectivity index (χ2n) is 7.46. The highest BCUT2D eigenvalue weighted by molar-refractivity contribution is 9.10. The Bertz CT molecular complexity index is 957. The molecule has 1 unspecified atom stereocenters. The van der Waals surface area contributed by atoms with Gasteiger partial charge < -0.3 is 19.9 Å². The average molecular weight is 476 g/mol. The van der Waals surface area contributed by atoms with E-state index in [2.05, 4.69) is 40.7 Å². The van der Waals surface area contributed by atoms with Crippen LogP contribution in [0, 0.1) is 0 Å². The van der Waals surface area contributed by atoms with E-state index >= 15 is 0 Å². The van der Waals surface area contributed by atoms with Crippen LogP contribution in [0.5, 0.6) is 5.75 Å². The summed E-state index contributed by atoms with van der Waals surface area (Å²) in [6.45, 7) is 5.39. The fraction of sp³-hybridized carbons (Fsp3) is 0.429. The number of hydrogen-bond donors (Lipinski definition) is 3. The van der Waals surface area contributed by atoms with Gasteiger partial charge in [0.25, 0.3) is 0 Å². The quantitative estimate of drug-likeness (QED) is 0.456. The standard InChI is InChI=1S/C21H26BrN5O3/c22-16-11-19-21(23-12-16)25-20(24-19)15-1-3-18(4-2-15)30-14-17(29)13-27-7-5-26(6-8-27)9-10-28/h1-4,11-12,17,28-29H,5-10,13-14H2,(H,23,24,25). The molecule has 0 bridgehead atoms. The number of H-pyrrole nitrogens is 1. The average Bonchev–Trinajstić information content (AvgIpc) is 3.17. The number of piperazine rings is 1. The number of aliphatic hydroxyl groups excluding tert-OH is 2. The summed E-state index contributed by atoms with van der Waals surface area (Å²) in [6.07, 6.45) is 1.19. The molecule has 1 aliphatic rings. The molecule has 0 spiro atoms. The molecule has 1 aliphatic heterocycles. The fourth-order valence-electron chi connectivity index (χ4n) is 3.60. The van der Waals surface area contributed by atoms with Gasteiger partial charge in [0.05, 0.1) is 6.61 Å². The molecule has 0 saturated carbocycles. The molecule has 1 fully saturated rings. The van der Waals surface area contributed by atoms with Crippen LogP contribution in [0.3, 0.4) is 0 Å². The van der Waals surface area contributed by atoms with Gasteiger partial charge in [-0.2, -0.15) is 0 Å². The molecule has 4 rings (SSSR count). The van der Waals surface area contributed by atoms with Crippen LogP contribution in [0.2, 0.25) is 0 Å². The lowest BCUT2D eigenvalue weighted by Crippen LogP contribution is -2.49. The van der Waals surface area contributed by atoms with Crippen LogP contribution in [-0.2, 0) is 0 Å². The first-order valence-corrected chi connectivity index (χ1v) is 10.9. The second-order valence-corrected chi connectivity index (χ2v) is 8.38. The minimum atomic E-state index is -0.547. The lowest BCUT2D eigenvalue weighted by Gasteiger charge is -2.35. The molecule has 0 aliphatic carbocycles. The van der Waals surface area contributed by atoms with E-state index < -0.39 is 6.10 Å². The van der Waals surface area contributed by atoms with Crippen LogP contribution in [0.4, 0.5) is 0 Å². The van der Waals surface area contributed by atoms with Gasteiger partial charge in [-0.05, 0) is 46.3 Å². The van der Waals surface area contributed by atoms with Crippen molar-refractivity contribution in [1.82, 2.24) is 24.8 Å². The van der Waals surface area contributed by atoms with Crippen LogP contribution in [-0.4, -0.2) is 93.6 Å². The number of nitrogens with one attached hydrogen (secondary N) is 1. The van der Waals surface area contributed by atoms with Gasteiger partial charge in [-0.3, -0.25) is 9.80 Å². The number of hydrogen-bond acceptors (Lipinski definition) is 7. The molecule has 9 heteroatoms. The van der Waals surface area contributed by atoms with Crippen molar-refractivity contribution < 1.29 is 14.9 Å². The third kappa shape index (κ3) is 5.35. The van der Waals surface area contributed by atoms with Crippen LogP contribution in [0.25, 0.3) is 22.6 Å². The van der Waals surface area contributed by atoms with Crippen molar-refractivity contribution in [2.24, 2.45) is 0 Å². The number of β-amino-alcohol motifs (C(OH)–C–C–N with tert-alkyl or cyclic N) is 2. The van der Waals surface area contributed by atoms with Gasteiger partial charge in [-0.25, -0.2) is 9.97 Å². The lowest BCUT2D eigenvalue weighted by atomic mass is 10.2. The van der Waals surface area contributed by atoms with Crippen LogP contribution in [0.1, 0.15) is 0 Å². The van der Waals surface area contributed by atoms with Gasteiger partial charge in [0, 0.05) is 55.5 Å². The molecule has 1 aromatic carbocycles. The Hall–Kier alpha value is -2.04. The number of aromatic amines is 1. The normalized spacial score (nSPS) is 16.8. The maximum atomic E-state index is 10.3. The fourth-order valence-corrected chi connectivity index (χ4v) is 3.92. The molecule has 3 heterocycles. The minimum Gasteiger partial charge on any atom is -0.491 e. The first-order chi connectivity index (χ1) is 14.6. The van der Waals surface area contributed by atoms with Crippen LogP contribution < -0.4 is 4.74 Å². The predicted octanol–water partition coefficient (Wildman–Crippen LogP) is 1.74. The zero-order chi connectivity index (χ0) is 20.9. The summed E-state index contributed by atoms with van der Waals surface area (Å²) in [4.78, 5) is 16.6. The maximum Gasteiger partial charge on any atom is 0.157 e. The Morgan fingerprint density at radius 2 is 1.87 bits per heavy atom. The smallest absolute Gasteiger partial charge is 0.157 e. The molecule has 1 atom stereocenters.